The molecule has 19 heavy (non-hydrogen) atoms. The Morgan fingerprint density at radius 2 is 2.47 bits per heavy atom. The molecule has 1 amide bonds. The van der Waals surface area contributed by atoms with Gasteiger partial charge in [-0.3, -0.25) is 4.79 Å². The van der Waals surface area contributed by atoms with Gasteiger partial charge in [-0.15, -0.1) is 11.3 Å². The number of rotatable bonds is 5. The van der Waals surface area contributed by atoms with Gasteiger partial charge in [0.2, 0.25) is 5.91 Å². The van der Waals surface area contributed by atoms with Gasteiger partial charge in [-0.1, -0.05) is 0 Å². The highest BCUT2D eigenvalue weighted by Gasteiger charge is 2.42. The van der Waals surface area contributed by atoms with E-state index in [1.165, 1.54) is 11.3 Å². The minimum Gasteiger partial charge on any atom is -0.346 e. The van der Waals surface area contributed by atoms with Crippen molar-refractivity contribution >= 4 is 17.2 Å². The molecule has 0 radical (unpaired) electrons. The zero-order valence-electron chi connectivity index (χ0n) is 10.5. The first-order chi connectivity index (χ1) is 9.08. The molecular weight excluding hydrogens is 272 g/mol. The molecule has 1 aromatic heterocycles. The molecular formula is C12H17F2N3OS. The summed E-state index contributed by atoms with van der Waals surface area (Å²) in [5, 5.41) is 8.14. The number of halogens is 2. The number of alkyl halides is 2. The van der Waals surface area contributed by atoms with Gasteiger partial charge in [0.15, 0.2) is 0 Å². The van der Waals surface area contributed by atoms with E-state index in [0.29, 0.717) is 19.4 Å². The van der Waals surface area contributed by atoms with Gasteiger partial charge in [0, 0.05) is 37.5 Å². The average molecular weight is 289 g/mol. The molecule has 1 saturated heterocycles. The molecule has 1 fully saturated rings. The van der Waals surface area contributed by atoms with Crippen LogP contribution in [0.5, 0.6) is 0 Å². The fraction of sp³-hybridized carbons (Fsp3) is 0.667. The predicted octanol–water partition coefficient (Wildman–Crippen LogP) is 1.58. The Kier molecular flexibility index (Phi) is 4.81. The number of nitrogens with zero attached hydrogens (tertiary/aromatic N) is 1. The van der Waals surface area contributed by atoms with Crippen molar-refractivity contribution in [1.29, 1.82) is 0 Å². The summed E-state index contributed by atoms with van der Waals surface area (Å²) in [5.41, 5.74) is 0. The van der Waals surface area contributed by atoms with Gasteiger partial charge in [-0.05, 0) is 12.8 Å². The largest absolute Gasteiger partial charge is 0.346 e. The second-order valence-electron chi connectivity index (χ2n) is 4.61. The summed E-state index contributed by atoms with van der Waals surface area (Å²) in [6.07, 6.45) is 3.09. The highest BCUT2D eigenvalue weighted by atomic mass is 32.1. The fourth-order valence-electron chi connectivity index (χ4n) is 2.02. The van der Waals surface area contributed by atoms with Gasteiger partial charge in [0.05, 0.1) is 5.01 Å². The van der Waals surface area contributed by atoms with E-state index in [2.05, 4.69) is 15.6 Å². The molecule has 0 bridgehead atoms. The lowest BCUT2D eigenvalue weighted by molar-refractivity contribution is -0.127. The van der Waals surface area contributed by atoms with Crippen molar-refractivity contribution in [2.24, 2.45) is 0 Å². The highest BCUT2D eigenvalue weighted by molar-refractivity contribution is 7.09. The molecule has 4 nitrogen and oxygen atoms in total. The maximum absolute atomic E-state index is 13.5. The second kappa shape index (κ2) is 6.38. The summed E-state index contributed by atoms with van der Waals surface area (Å²) >= 11 is 1.54. The molecule has 1 unspecified atom stereocenters. The molecule has 2 N–H and O–H groups in total. The first kappa shape index (κ1) is 14.3. The quantitative estimate of drug-likeness (QED) is 0.865. The minimum absolute atomic E-state index is 0.130. The first-order valence-electron chi connectivity index (χ1n) is 6.34. The molecule has 106 valence electrons. The van der Waals surface area contributed by atoms with Crippen molar-refractivity contribution in [2.75, 3.05) is 13.1 Å². The van der Waals surface area contributed by atoms with Crippen molar-refractivity contribution < 1.29 is 13.6 Å². The van der Waals surface area contributed by atoms with Crippen LogP contribution in [0.25, 0.3) is 0 Å². The lowest BCUT2D eigenvalue weighted by Gasteiger charge is -2.32. The van der Waals surface area contributed by atoms with Crippen LogP contribution in [0.15, 0.2) is 11.6 Å². The predicted molar refractivity (Wildman–Crippen MR) is 69.4 cm³/mol. The van der Waals surface area contributed by atoms with E-state index in [0.717, 1.165) is 5.01 Å². The molecule has 0 saturated carbocycles. The van der Waals surface area contributed by atoms with Crippen molar-refractivity contribution in [3.63, 3.8) is 0 Å². The summed E-state index contributed by atoms with van der Waals surface area (Å²) in [7, 11) is 0. The van der Waals surface area contributed by atoms with Gasteiger partial charge in [-0.25, -0.2) is 13.8 Å². The maximum Gasteiger partial charge on any atom is 0.270 e. The molecule has 7 heteroatoms. The number of thiazole rings is 1. The van der Waals surface area contributed by atoms with E-state index < -0.39 is 12.0 Å². The lowest BCUT2D eigenvalue weighted by Crippen LogP contribution is -2.57. The van der Waals surface area contributed by atoms with Crippen LogP contribution in [-0.2, 0) is 11.2 Å². The number of hydrogen-bond acceptors (Lipinski definition) is 4. The van der Waals surface area contributed by atoms with Crippen LogP contribution in [0.3, 0.4) is 0 Å². The second-order valence-corrected chi connectivity index (χ2v) is 5.59. The molecule has 1 aliphatic heterocycles. The number of hydrogen-bond donors (Lipinski definition) is 2. The normalized spacial score (nSPS) is 22.1. The van der Waals surface area contributed by atoms with Crippen LogP contribution in [0.2, 0.25) is 0 Å². The van der Waals surface area contributed by atoms with Crippen LogP contribution in [0.4, 0.5) is 8.78 Å². The zero-order valence-corrected chi connectivity index (χ0v) is 11.3. The molecule has 1 aliphatic rings. The summed E-state index contributed by atoms with van der Waals surface area (Å²) in [6.45, 7) is 0.425. The van der Waals surface area contributed by atoms with Gasteiger partial charge in [0.1, 0.15) is 6.04 Å². The number of carbonyl (C=O) groups is 1. The minimum atomic E-state index is -2.81. The fourth-order valence-corrected chi connectivity index (χ4v) is 2.69. The van der Waals surface area contributed by atoms with Crippen LogP contribution in [0.1, 0.15) is 24.3 Å². The molecule has 2 heterocycles. The third kappa shape index (κ3) is 4.21. The van der Waals surface area contributed by atoms with Crippen LogP contribution in [-0.4, -0.2) is 35.9 Å². The Bertz CT molecular complexity index is 411. The van der Waals surface area contributed by atoms with Crippen LogP contribution in [0, 0.1) is 0 Å². The Labute approximate surface area is 114 Å². The van der Waals surface area contributed by atoms with Gasteiger partial charge in [0.25, 0.3) is 5.92 Å². The smallest absolute Gasteiger partial charge is 0.270 e. The summed E-state index contributed by atoms with van der Waals surface area (Å²) in [5.74, 6) is -3.12. The third-order valence-electron chi connectivity index (χ3n) is 3.11. The van der Waals surface area contributed by atoms with Crippen molar-refractivity contribution in [3.05, 3.63) is 16.6 Å². The number of aromatic nitrogens is 1. The number of amides is 1. The molecule has 2 rings (SSSR count). The van der Waals surface area contributed by atoms with Gasteiger partial charge >= 0.3 is 0 Å². The maximum atomic E-state index is 13.5. The van der Waals surface area contributed by atoms with Crippen molar-refractivity contribution in [1.82, 2.24) is 15.6 Å². The Hall–Kier alpha value is -1.08. The molecule has 0 aromatic carbocycles. The standard InChI is InChI=1S/C12H17F2N3OS/c13-12(14)4-5-15-8-9(12)17-10(18)2-1-3-11-16-6-7-19-11/h6-7,9,15H,1-5,8H2,(H,17,18). The first-order valence-corrected chi connectivity index (χ1v) is 7.22. The lowest BCUT2D eigenvalue weighted by atomic mass is 10.0. The van der Waals surface area contributed by atoms with Crippen LogP contribution >= 0.6 is 11.3 Å². The number of carbonyl (C=O) groups excluding carboxylic acids is 1. The van der Waals surface area contributed by atoms with E-state index in [9.17, 15) is 13.6 Å². The Balaban J connectivity index is 1.71. The van der Waals surface area contributed by atoms with Crippen LogP contribution < -0.4 is 10.6 Å². The summed E-state index contributed by atoms with van der Waals surface area (Å²) < 4.78 is 27.0. The molecule has 0 spiro atoms. The van der Waals surface area contributed by atoms with Crippen molar-refractivity contribution in [2.45, 2.75) is 37.6 Å². The number of aryl methyl sites for hydroxylation is 1. The van der Waals surface area contributed by atoms with E-state index in [4.69, 9.17) is 0 Å². The van der Waals surface area contributed by atoms with Crippen molar-refractivity contribution in [3.8, 4) is 0 Å². The Morgan fingerprint density at radius 3 is 3.16 bits per heavy atom. The van der Waals surface area contributed by atoms with E-state index in [1.54, 1.807) is 6.20 Å². The van der Waals surface area contributed by atoms with E-state index in [1.807, 2.05) is 5.38 Å². The van der Waals surface area contributed by atoms with E-state index >= 15 is 0 Å². The monoisotopic (exact) mass is 289 g/mol. The topological polar surface area (TPSA) is 54.0 Å². The number of nitrogens with one attached hydrogen (secondary N) is 2. The van der Waals surface area contributed by atoms with Gasteiger partial charge < -0.3 is 10.6 Å². The summed E-state index contributed by atoms with van der Waals surface area (Å²) in [6, 6.07) is -1.09. The molecule has 1 atom stereocenters. The van der Waals surface area contributed by atoms with Gasteiger partial charge in [-0.2, -0.15) is 0 Å². The molecule has 0 aliphatic carbocycles. The summed E-state index contributed by atoms with van der Waals surface area (Å²) in [4.78, 5) is 15.7. The number of piperidine rings is 1. The average Bonchev–Trinajstić information content (AvgIpc) is 2.85. The molecule has 1 aromatic rings. The highest BCUT2D eigenvalue weighted by Crippen LogP contribution is 2.25. The zero-order chi connectivity index (χ0) is 13.7. The third-order valence-corrected chi connectivity index (χ3v) is 3.95. The Morgan fingerprint density at radius 1 is 1.63 bits per heavy atom. The SMILES string of the molecule is O=C(CCCc1nccs1)NC1CNCCC1(F)F. The van der Waals surface area contributed by atoms with E-state index in [-0.39, 0.29) is 25.3 Å².